The molecule has 47 heavy (non-hydrogen) atoms. The maximum Gasteiger partial charge on any atom is 0.0789 e. The minimum Gasteiger partial charge on any atom is -0.311 e. The molecule has 7 aromatic carbocycles. The van der Waals surface area contributed by atoms with Crippen molar-refractivity contribution in [1.29, 1.82) is 0 Å². The summed E-state index contributed by atoms with van der Waals surface area (Å²) in [7, 11) is 0. The number of para-hydroxylation sites is 4. The van der Waals surface area contributed by atoms with Crippen LogP contribution in [0.2, 0.25) is 0 Å². The summed E-state index contributed by atoms with van der Waals surface area (Å²) in [6, 6.07) is 58.6. The van der Waals surface area contributed by atoms with Crippen molar-refractivity contribution in [3.63, 3.8) is 0 Å². The van der Waals surface area contributed by atoms with Gasteiger partial charge in [-0.25, -0.2) is 0 Å². The molecule has 9 rings (SSSR count). The smallest absolute Gasteiger partial charge is 0.0789 e. The third-order valence-corrected chi connectivity index (χ3v) is 9.31. The second kappa shape index (κ2) is 11.0. The van der Waals surface area contributed by atoms with Crippen molar-refractivity contribution in [3.05, 3.63) is 176 Å². The van der Waals surface area contributed by atoms with Gasteiger partial charge < -0.3 is 9.47 Å². The number of fused-ring (bicyclic) bond motifs is 6. The van der Waals surface area contributed by atoms with Gasteiger partial charge in [-0.3, -0.25) is 4.98 Å². The highest BCUT2D eigenvalue weighted by Gasteiger charge is 2.18. The molecule has 0 saturated heterocycles. The van der Waals surface area contributed by atoms with Crippen LogP contribution in [0.4, 0.5) is 17.1 Å². The summed E-state index contributed by atoms with van der Waals surface area (Å²) in [6.45, 7) is 2.20. The zero-order valence-electron chi connectivity index (χ0n) is 26.0. The molecule has 3 nitrogen and oxygen atoms in total. The predicted molar refractivity (Wildman–Crippen MR) is 198 cm³/mol. The molecule has 0 spiro atoms. The molecule has 3 heteroatoms. The van der Waals surface area contributed by atoms with Crippen molar-refractivity contribution in [3.8, 4) is 16.8 Å². The van der Waals surface area contributed by atoms with Crippen LogP contribution in [0.1, 0.15) is 5.56 Å². The van der Waals surface area contributed by atoms with Crippen LogP contribution in [-0.2, 0) is 0 Å². The third kappa shape index (κ3) is 4.47. The molecular weight excluding hydrogens is 571 g/mol. The van der Waals surface area contributed by atoms with E-state index in [4.69, 9.17) is 4.98 Å². The number of pyridine rings is 1. The summed E-state index contributed by atoms with van der Waals surface area (Å²) in [5.74, 6) is 0. The van der Waals surface area contributed by atoms with Gasteiger partial charge in [-0.2, -0.15) is 0 Å². The molecule has 0 radical (unpaired) electrons. The van der Waals surface area contributed by atoms with Crippen molar-refractivity contribution in [2.75, 3.05) is 4.90 Å². The number of nitrogens with zero attached hydrogens (tertiary/aromatic N) is 3. The summed E-state index contributed by atoms with van der Waals surface area (Å²) >= 11 is 0. The van der Waals surface area contributed by atoms with Gasteiger partial charge in [0.25, 0.3) is 0 Å². The van der Waals surface area contributed by atoms with Gasteiger partial charge in [0.1, 0.15) is 0 Å². The molecule has 9 aromatic rings. The highest BCUT2D eigenvalue weighted by molar-refractivity contribution is 6.20. The first kappa shape index (κ1) is 27.1. The Kier molecular flexibility index (Phi) is 6.36. The van der Waals surface area contributed by atoms with Crippen molar-refractivity contribution in [2.24, 2.45) is 0 Å². The zero-order valence-corrected chi connectivity index (χ0v) is 26.0. The van der Waals surface area contributed by atoms with E-state index in [2.05, 4.69) is 180 Å². The Morgan fingerprint density at radius 3 is 1.83 bits per heavy atom. The zero-order chi connectivity index (χ0) is 31.3. The van der Waals surface area contributed by atoms with E-state index < -0.39 is 0 Å². The fraction of sp³-hybridized carbons (Fsp3) is 0.0227. The lowest BCUT2D eigenvalue weighted by atomic mass is 9.93. The van der Waals surface area contributed by atoms with Gasteiger partial charge in [-0.1, -0.05) is 84.9 Å². The first-order valence-corrected chi connectivity index (χ1v) is 16.1. The predicted octanol–water partition coefficient (Wildman–Crippen LogP) is 11.9. The Morgan fingerprint density at radius 1 is 0.511 bits per heavy atom. The first-order valence-electron chi connectivity index (χ1n) is 16.1. The number of aromatic nitrogens is 2. The maximum absolute atomic E-state index is 5.01. The topological polar surface area (TPSA) is 21.1 Å². The number of anilines is 3. The number of aryl methyl sites for hydroxylation is 1. The van der Waals surface area contributed by atoms with Gasteiger partial charge in [0.2, 0.25) is 0 Å². The summed E-state index contributed by atoms with van der Waals surface area (Å²) in [4.78, 5) is 7.30. The fourth-order valence-electron chi connectivity index (χ4n) is 7.16. The molecule has 0 unspecified atom stereocenters. The Morgan fingerprint density at radius 2 is 1.13 bits per heavy atom. The summed E-state index contributed by atoms with van der Waals surface area (Å²) in [5.41, 5.74) is 11.5. The first-order chi connectivity index (χ1) is 23.2. The lowest BCUT2D eigenvalue weighted by Crippen LogP contribution is -2.09. The van der Waals surface area contributed by atoms with E-state index in [0.717, 1.165) is 39.4 Å². The lowest BCUT2D eigenvalue weighted by molar-refractivity contribution is 1.18. The molecule has 2 aromatic heterocycles. The second-order valence-electron chi connectivity index (χ2n) is 12.1. The maximum atomic E-state index is 5.01. The van der Waals surface area contributed by atoms with Crippen LogP contribution in [0.25, 0.3) is 60.3 Å². The van der Waals surface area contributed by atoms with Crippen LogP contribution in [0.3, 0.4) is 0 Å². The fourth-order valence-corrected chi connectivity index (χ4v) is 7.16. The molecule has 0 aliphatic heterocycles. The van der Waals surface area contributed by atoms with Crippen LogP contribution in [0, 0.1) is 6.92 Å². The Balaban J connectivity index is 1.26. The third-order valence-electron chi connectivity index (χ3n) is 9.31. The second-order valence-corrected chi connectivity index (χ2v) is 12.1. The van der Waals surface area contributed by atoms with E-state index >= 15 is 0 Å². The Bertz CT molecular complexity index is 2510. The highest BCUT2D eigenvalue weighted by atomic mass is 15.1. The van der Waals surface area contributed by atoms with Crippen molar-refractivity contribution < 1.29 is 0 Å². The molecule has 0 saturated carbocycles. The molecule has 0 bridgehead atoms. The van der Waals surface area contributed by atoms with Gasteiger partial charge in [-0.15, -0.1) is 0 Å². The normalized spacial score (nSPS) is 11.5. The van der Waals surface area contributed by atoms with Gasteiger partial charge >= 0.3 is 0 Å². The Labute approximate surface area is 273 Å². The van der Waals surface area contributed by atoms with Crippen molar-refractivity contribution >= 4 is 60.5 Å². The average Bonchev–Trinajstić information content (AvgIpc) is 3.45. The number of benzene rings is 7. The Hall–Kier alpha value is -6.19. The van der Waals surface area contributed by atoms with E-state index in [1.165, 1.54) is 43.5 Å². The number of hydrogen-bond donors (Lipinski definition) is 0. The van der Waals surface area contributed by atoms with E-state index in [1.807, 2.05) is 6.20 Å². The summed E-state index contributed by atoms with van der Waals surface area (Å²) < 4.78 is 2.39. The van der Waals surface area contributed by atoms with Crippen molar-refractivity contribution in [2.45, 2.75) is 6.92 Å². The van der Waals surface area contributed by atoms with E-state index in [9.17, 15) is 0 Å². The molecule has 0 atom stereocenters. The molecule has 222 valence electrons. The highest BCUT2D eigenvalue weighted by Crippen LogP contribution is 2.41. The monoisotopic (exact) mass is 601 g/mol. The largest absolute Gasteiger partial charge is 0.311 e. The van der Waals surface area contributed by atoms with Crippen LogP contribution >= 0.6 is 0 Å². The molecule has 0 amide bonds. The molecule has 0 N–H and O–H groups in total. The molecule has 0 aliphatic rings. The standard InChI is InChI=1S/C44H31N3/c1-30-25-26-45-44-39(31-21-23-36(24-22-31)46(33-13-5-2-6-14-33)34-15-7-3-8-16-34)27-32-28-40-37-19-11-12-20-41(37)47(35-17-9-4-10-18-35)42(40)29-38(32)43(30)44/h2-29H,1H3. The molecular formula is C44H31N3. The van der Waals surface area contributed by atoms with Crippen LogP contribution in [-0.4, -0.2) is 9.55 Å². The molecule has 0 aliphatic carbocycles. The molecule has 2 heterocycles. The van der Waals surface area contributed by atoms with E-state index in [1.54, 1.807) is 0 Å². The summed E-state index contributed by atoms with van der Waals surface area (Å²) in [6.07, 6.45) is 1.94. The van der Waals surface area contributed by atoms with Crippen LogP contribution in [0.15, 0.2) is 170 Å². The quantitative estimate of drug-likeness (QED) is 0.183. The minimum atomic E-state index is 1.02. The number of hydrogen-bond acceptors (Lipinski definition) is 2. The van der Waals surface area contributed by atoms with Gasteiger partial charge in [0.15, 0.2) is 0 Å². The lowest BCUT2D eigenvalue weighted by Gasteiger charge is -2.25. The van der Waals surface area contributed by atoms with Crippen molar-refractivity contribution in [1.82, 2.24) is 9.55 Å². The van der Waals surface area contributed by atoms with Crippen LogP contribution < -0.4 is 4.90 Å². The minimum absolute atomic E-state index is 1.02. The van der Waals surface area contributed by atoms with Gasteiger partial charge in [0, 0.05) is 50.7 Å². The number of rotatable bonds is 5. The van der Waals surface area contributed by atoms with Gasteiger partial charge in [0.05, 0.1) is 16.6 Å². The van der Waals surface area contributed by atoms with Gasteiger partial charge in [-0.05, 0) is 108 Å². The van der Waals surface area contributed by atoms with Crippen LogP contribution in [0.5, 0.6) is 0 Å². The van der Waals surface area contributed by atoms with E-state index in [0.29, 0.717) is 0 Å². The SMILES string of the molecule is Cc1ccnc2c(-c3ccc(N(c4ccccc4)c4ccccc4)cc3)cc3cc4c5ccccc5n(-c5ccccc5)c4cc3c12. The summed E-state index contributed by atoms with van der Waals surface area (Å²) in [5, 5.41) is 6.14. The van der Waals surface area contributed by atoms with E-state index in [-0.39, 0.29) is 0 Å². The molecule has 0 fully saturated rings. The average molecular weight is 602 g/mol.